The standard InChI is InChI=1S/C24H34N3O3P/c1-16-11-20(27-13-17(2)25-18(3)14-27)15-26(4)24(16)31-23(9-10-28)19-7-8-21(29-5)22(12-19)30-6/h7-12,15,17-18,24-25,31H,13-14H2,1-6H3/b23-9-/t17-,18+,24?. The molecule has 2 aliphatic heterocycles. The van der Waals surface area contributed by atoms with E-state index in [1.165, 1.54) is 11.3 Å². The number of hydrogen-bond acceptors (Lipinski definition) is 6. The smallest absolute Gasteiger partial charge is 0.161 e. The minimum absolute atomic E-state index is 0.209. The lowest BCUT2D eigenvalue weighted by atomic mass is 10.1. The van der Waals surface area contributed by atoms with E-state index < -0.39 is 0 Å². The molecular weight excluding hydrogens is 409 g/mol. The van der Waals surface area contributed by atoms with E-state index in [1.54, 1.807) is 20.3 Å². The van der Waals surface area contributed by atoms with Gasteiger partial charge in [-0.2, -0.15) is 0 Å². The lowest BCUT2D eigenvalue weighted by molar-refractivity contribution is -0.104. The Balaban J connectivity index is 1.81. The van der Waals surface area contributed by atoms with Crippen LogP contribution in [-0.2, 0) is 4.79 Å². The normalized spacial score (nSPS) is 24.8. The average molecular weight is 444 g/mol. The average Bonchev–Trinajstić information content (AvgIpc) is 2.74. The van der Waals surface area contributed by atoms with Crippen LogP contribution in [0.1, 0.15) is 26.3 Å². The molecule has 6 nitrogen and oxygen atoms in total. The van der Waals surface area contributed by atoms with Crippen LogP contribution in [0, 0.1) is 0 Å². The number of likely N-dealkylation sites (N-methyl/N-ethyl adjacent to an activating group) is 1. The van der Waals surface area contributed by atoms with Crippen molar-refractivity contribution in [3.8, 4) is 11.5 Å². The van der Waals surface area contributed by atoms with Gasteiger partial charge in [-0.15, -0.1) is 0 Å². The third-order valence-electron chi connectivity index (χ3n) is 5.69. The summed E-state index contributed by atoms with van der Waals surface area (Å²) >= 11 is 0. The fourth-order valence-corrected chi connectivity index (χ4v) is 5.70. The first kappa shape index (κ1) is 23.4. The zero-order valence-corrected chi connectivity index (χ0v) is 20.3. The molecule has 31 heavy (non-hydrogen) atoms. The predicted molar refractivity (Wildman–Crippen MR) is 129 cm³/mol. The lowest BCUT2D eigenvalue weighted by Crippen LogP contribution is -2.54. The number of nitrogens with one attached hydrogen (secondary N) is 1. The molecule has 4 atom stereocenters. The highest BCUT2D eigenvalue weighted by atomic mass is 31.1. The van der Waals surface area contributed by atoms with Gasteiger partial charge in [0.2, 0.25) is 0 Å². The number of carbonyl (C=O) groups excluding carboxylic acids is 1. The maximum atomic E-state index is 11.4. The Bertz CT molecular complexity index is 886. The summed E-state index contributed by atoms with van der Waals surface area (Å²) in [5, 5.41) is 4.60. The highest BCUT2D eigenvalue weighted by Crippen LogP contribution is 2.44. The first-order valence-electron chi connectivity index (χ1n) is 10.6. The van der Waals surface area contributed by atoms with Crippen molar-refractivity contribution in [3.05, 3.63) is 53.4 Å². The fraction of sp³-hybridized carbons (Fsp3) is 0.458. The zero-order chi connectivity index (χ0) is 22.5. The second-order valence-corrected chi connectivity index (χ2v) is 9.69. The Kier molecular flexibility index (Phi) is 7.79. The molecule has 7 heteroatoms. The number of aldehydes is 1. The van der Waals surface area contributed by atoms with Gasteiger partial charge in [0.25, 0.3) is 0 Å². The van der Waals surface area contributed by atoms with Gasteiger partial charge in [0.1, 0.15) is 6.29 Å². The second kappa shape index (κ2) is 10.3. The van der Waals surface area contributed by atoms with E-state index >= 15 is 0 Å². The van der Waals surface area contributed by atoms with Gasteiger partial charge >= 0.3 is 0 Å². The van der Waals surface area contributed by atoms with E-state index in [1.807, 2.05) is 18.2 Å². The van der Waals surface area contributed by atoms with Crippen LogP contribution in [0.4, 0.5) is 0 Å². The van der Waals surface area contributed by atoms with Crippen molar-refractivity contribution < 1.29 is 14.3 Å². The van der Waals surface area contributed by atoms with E-state index in [2.05, 4.69) is 55.2 Å². The number of rotatable bonds is 7. The number of carbonyl (C=O) groups is 1. The molecule has 0 radical (unpaired) electrons. The molecule has 1 aromatic rings. The maximum Gasteiger partial charge on any atom is 0.161 e. The van der Waals surface area contributed by atoms with Crippen molar-refractivity contribution in [1.29, 1.82) is 0 Å². The van der Waals surface area contributed by atoms with Gasteiger partial charge < -0.3 is 24.6 Å². The highest BCUT2D eigenvalue weighted by Gasteiger charge is 2.27. The molecule has 0 aromatic heterocycles. The first-order valence-corrected chi connectivity index (χ1v) is 11.7. The van der Waals surface area contributed by atoms with E-state index in [4.69, 9.17) is 9.47 Å². The molecule has 0 amide bonds. The minimum atomic E-state index is 0.209. The number of benzene rings is 1. The molecule has 0 aliphatic carbocycles. The third-order valence-corrected chi connectivity index (χ3v) is 7.60. The van der Waals surface area contributed by atoms with Crippen molar-refractivity contribution in [2.24, 2.45) is 0 Å². The first-order chi connectivity index (χ1) is 14.9. The lowest BCUT2D eigenvalue weighted by Gasteiger charge is -2.41. The van der Waals surface area contributed by atoms with Crippen LogP contribution >= 0.6 is 8.58 Å². The topological polar surface area (TPSA) is 54.0 Å². The summed E-state index contributed by atoms with van der Waals surface area (Å²) < 4.78 is 10.8. The molecule has 3 rings (SSSR count). The van der Waals surface area contributed by atoms with Crippen molar-refractivity contribution >= 4 is 20.2 Å². The van der Waals surface area contributed by atoms with Gasteiger partial charge in [-0.25, -0.2) is 0 Å². The van der Waals surface area contributed by atoms with Gasteiger partial charge in [0.05, 0.1) is 25.7 Å². The van der Waals surface area contributed by atoms with Crippen molar-refractivity contribution in [3.63, 3.8) is 0 Å². The summed E-state index contributed by atoms with van der Waals surface area (Å²) in [6, 6.07) is 6.74. The number of methoxy groups -OCH3 is 2. The summed E-state index contributed by atoms with van der Waals surface area (Å²) in [4.78, 5) is 16.1. The van der Waals surface area contributed by atoms with Gasteiger partial charge in [-0.1, -0.05) is 14.6 Å². The minimum Gasteiger partial charge on any atom is -0.493 e. The molecule has 1 saturated heterocycles. The molecule has 168 valence electrons. The Morgan fingerprint density at radius 3 is 2.42 bits per heavy atom. The van der Waals surface area contributed by atoms with Crippen LogP contribution in [0.25, 0.3) is 5.31 Å². The summed E-state index contributed by atoms with van der Waals surface area (Å²) in [6.07, 6.45) is 7.07. The molecule has 2 aliphatic rings. The quantitative estimate of drug-likeness (QED) is 0.394. The Morgan fingerprint density at radius 2 is 1.84 bits per heavy atom. The van der Waals surface area contributed by atoms with E-state index in [0.717, 1.165) is 30.3 Å². The Labute approximate surface area is 187 Å². The molecule has 0 spiro atoms. The third kappa shape index (κ3) is 5.50. The number of allylic oxidation sites excluding steroid dienone is 2. The monoisotopic (exact) mass is 443 g/mol. The van der Waals surface area contributed by atoms with Crippen molar-refractivity contribution in [1.82, 2.24) is 15.1 Å². The van der Waals surface area contributed by atoms with Crippen LogP contribution in [0.2, 0.25) is 0 Å². The summed E-state index contributed by atoms with van der Waals surface area (Å²) in [5.74, 6) is 1.55. The predicted octanol–water partition coefficient (Wildman–Crippen LogP) is 3.66. The summed E-state index contributed by atoms with van der Waals surface area (Å²) in [6.45, 7) is 8.65. The fourth-order valence-electron chi connectivity index (χ4n) is 4.33. The van der Waals surface area contributed by atoms with Crippen molar-refractivity contribution in [2.45, 2.75) is 38.6 Å². The molecule has 0 bridgehead atoms. The number of hydrogen-bond donors (Lipinski definition) is 1. The maximum absolute atomic E-state index is 11.4. The largest absolute Gasteiger partial charge is 0.493 e. The molecule has 1 fully saturated rings. The van der Waals surface area contributed by atoms with E-state index in [9.17, 15) is 4.79 Å². The van der Waals surface area contributed by atoms with Gasteiger partial charge in [-0.3, -0.25) is 4.79 Å². The number of nitrogens with zero attached hydrogens (tertiary/aromatic N) is 2. The number of piperazine rings is 1. The van der Waals surface area contributed by atoms with Crippen LogP contribution in [0.3, 0.4) is 0 Å². The zero-order valence-electron chi connectivity index (χ0n) is 19.3. The molecule has 1 aromatic carbocycles. The molecule has 2 unspecified atom stereocenters. The molecule has 2 heterocycles. The second-order valence-electron chi connectivity index (χ2n) is 8.31. The van der Waals surface area contributed by atoms with Gasteiger partial charge in [0, 0.05) is 38.4 Å². The van der Waals surface area contributed by atoms with Crippen molar-refractivity contribution in [2.75, 3.05) is 34.4 Å². The van der Waals surface area contributed by atoms with Crippen LogP contribution in [-0.4, -0.2) is 68.3 Å². The van der Waals surface area contributed by atoms with Gasteiger partial charge in [-0.05, 0) is 61.5 Å². The van der Waals surface area contributed by atoms with Crippen LogP contribution in [0.5, 0.6) is 11.5 Å². The van der Waals surface area contributed by atoms with E-state index in [-0.39, 0.29) is 5.78 Å². The SMILES string of the molecule is COc1ccc(/C(=C/C=O)PC2C(C)=CC(N3C[C@@H](C)N[C@@H](C)C3)=CN2C)cc1OC. The molecule has 0 saturated carbocycles. The summed E-state index contributed by atoms with van der Waals surface area (Å²) in [7, 11) is 5.78. The number of ether oxygens (including phenoxy) is 2. The summed E-state index contributed by atoms with van der Waals surface area (Å²) in [5.41, 5.74) is 3.53. The van der Waals surface area contributed by atoms with Crippen LogP contribution in [0.15, 0.2) is 47.8 Å². The highest BCUT2D eigenvalue weighted by molar-refractivity contribution is 7.51. The van der Waals surface area contributed by atoms with Gasteiger partial charge in [0.15, 0.2) is 11.5 Å². The molecule has 1 N–H and O–H groups in total. The van der Waals surface area contributed by atoms with Crippen LogP contribution < -0.4 is 14.8 Å². The Morgan fingerprint density at radius 1 is 1.16 bits per heavy atom. The molecular formula is C24H34N3O3P. The Hall–Kier alpha value is -2.30. The van der Waals surface area contributed by atoms with E-state index in [0.29, 0.717) is 32.2 Å².